The summed E-state index contributed by atoms with van der Waals surface area (Å²) in [6.07, 6.45) is 4.45. The number of pyridine rings is 1. The lowest BCUT2D eigenvalue weighted by molar-refractivity contribution is 0.283. The molecule has 0 saturated carbocycles. The fourth-order valence-corrected chi connectivity index (χ4v) is 4.69. The minimum Gasteiger partial charge on any atom is -0.355 e. The van der Waals surface area contributed by atoms with Gasteiger partial charge in [-0.05, 0) is 35.2 Å². The van der Waals surface area contributed by atoms with Crippen molar-refractivity contribution in [2.75, 3.05) is 37.6 Å². The molecule has 2 aromatic heterocycles. The third-order valence-corrected chi connectivity index (χ3v) is 6.49. The molecule has 0 atom stereocenters. The van der Waals surface area contributed by atoms with Crippen molar-refractivity contribution < 1.29 is 0 Å². The van der Waals surface area contributed by atoms with E-state index in [1.54, 1.807) is 0 Å². The Kier molecular flexibility index (Phi) is 5.85. The average Bonchev–Trinajstić information content (AvgIpc) is 3.24. The molecule has 5 heteroatoms. The minimum absolute atomic E-state index is 0.257. The van der Waals surface area contributed by atoms with Gasteiger partial charge in [-0.15, -0.1) is 0 Å². The molecule has 0 radical (unpaired) electrons. The molecule has 166 valence electrons. The van der Waals surface area contributed by atoms with Crippen molar-refractivity contribution in [3.05, 3.63) is 83.4 Å². The van der Waals surface area contributed by atoms with Gasteiger partial charge in [0.2, 0.25) is 0 Å². The van der Waals surface area contributed by atoms with E-state index in [1.165, 1.54) is 5.56 Å². The van der Waals surface area contributed by atoms with E-state index in [-0.39, 0.29) is 5.92 Å². The number of rotatable bonds is 5. The Hall–Kier alpha value is -3.62. The summed E-state index contributed by atoms with van der Waals surface area (Å²) >= 11 is 0. The van der Waals surface area contributed by atoms with Crippen molar-refractivity contribution in [2.24, 2.45) is 0 Å². The van der Waals surface area contributed by atoms with Gasteiger partial charge in [-0.25, -0.2) is 4.98 Å². The lowest BCUT2D eigenvalue weighted by Gasteiger charge is -2.36. The number of nitrogens with zero attached hydrogens (tertiary/aromatic N) is 5. The van der Waals surface area contributed by atoms with E-state index >= 15 is 0 Å². The zero-order valence-electron chi connectivity index (χ0n) is 19.3. The van der Waals surface area contributed by atoms with Gasteiger partial charge in [0.15, 0.2) is 5.65 Å². The van der Waals surface area contributed by atoms with Crippen LogP contribution in [0.1, 0.15) is 36.5 Å². The summed E-state index contributed by atoms with van der Waals surface area (Å²) in [5.41, 5.74) is 5.76. The monoisotopic (exact) mass is 435 g/mol. The van der Waals surface area contributed by atoms with Crippen LogP contribution >= 0.6 is 0 Å². The summed E-state index contributed by atoms with van der Waals surface area (Å²) < 4.78 is 2.19. The maximum atomic E-state index is 9.96. The second-order valence-corrected chi connectivity index (χ2v) is 8.96. The van der Waals surface area contributed by atoms with Gasteiger partial charge in [-0.2, -0.15) is 5.26 Å². The van der Waals surface area contributed by atoms with Crippen molar-refractivity contribution in [3.8, 4) is 6.07 Å². The summed E-state index contributed by atoms with van der Waals surface area (Å²) in [6.45, 7) is 9.16. The summed E-state index contributed by atoms with van der Waals surface area (Å²) in [6, 6.07) is 23.3. The number of aromatic nitrogens is 2. The molecule has 5 nitrogen and oxygen atoms in total. The minimum atomic E-state index is 0.257. The van der Waals surface area contributed by atoms with Crippen LogP contribution in [0.25, 0.3) is 22.8 Å². The molecule has 33 heavy (non-hydrogen) atoms. The van der Waals surface area contributed by atoms with Crippen molar-refractivity contribution in [1.29, 1.82) is 5.26 Å². The van der Waals surface area contributed by atoms with Crippen LogP contribution in [-0.4, -0.2) is 47.0 Å². The Balaban J connectivity index is 1.43. The molecule has 0 aliphatic carbocycles. The summed E-state index contributed by atoms with van der Waals surface area (Å²) in [5, 5.41) is 9.96. The number of hydrogen-bond acceptors (Lipinski definition) is 4. The first-order chi connectivity index (χ1) is 16.2. The third kappa shape index (κ3) is 4.10. The third-order valence-electron chi connectivity index (χ3n) is 6.49. The Morgan fingerprint density at radius 2 is 1.73 bits per heavy atom. The molecule has 5 rings (SSSR count). The van der Waals surface area contributed by atoms with Crippen LogP contribution in [0, 0.1) is 11.3 Å². The number of nitriles is 1. The number of imidazole rings is 1. The largest absolute Gasteiger partial charge is 0.355 e. The fourth-order valence-electron chi connectivity index (χ4n) is 4.69. The van der Waals surface area contributed by atoms with Crippen LogP contribution in [0.4, 0.5) is 5.82 Å². The number of para-hydroxylation sites is 2. The molecule has 0 amide bonds. The van der Waals surface area contributed by atoms with Crippen molar-refractivity contribution in [2.45, 2.75) is 19.8 Å². The van der Waals surface area contributed by atoms with Crippen molar-refractivity contribution in [1.82, 2.24) is 14.3 Å². The quantitative estimate of drug-likeness (QED) is 0.426. The van der Waals surface area contributed by atoms with E-state index in [9.17, 15) is 5.26 Å². The van der Waals surface area contributed by atoms with Gasteiger partial charge in [0, 0.05) is 32.7 Å². The highest BCUT2D eigenvalue weighted by atomic mass is 15.3. The number of anilines is 1. The number of hydrogen-bond donors (Lipinski definition) is 0. The Morgan fingerprint density at radius 3 is 2.45 bits per heavy atom. The second kappa shape index (κ2) is 9.09. The van der Waals surface area contributed by atoms with Crippen LogP contribution in [0.15, 0.2) is 66.7 Å². The molecule has 1 aliphatic heterocycles. The second-order valence-electron chi connectivity index (χ2n) is 8.96. The van der Waals surface area contributed by atoms with Gasteiger partial charge in [0.25, 0.3) is 0 Å². The summed E-state index contributed by atoms with van der Waals surface area (Å²) in [7, 11) is 0. The van der Waals surface area contributed by atoms with Crippen LogP contribution in [0.3, 0.4) is 0 Å². The lowest BCUT2D eigenvalue weighted by atomic mass is 9.98. The molecule has 1 fully saturated rings. The molecular formula is C28H29N5. The van der Waals surface area contributed by atoms with E-state index in [0.717, 1.165) is 60.8 Å². The molecular weight excluding hydrogens is 406 g/mol. The molecule has 2 aromatic carbocycles. The maximum Gasteiger partial charge on any atom is 0.157 e. The molecule has 0 bridgehead atoms. The van der Waals surface area contributed by atoms with E-state index < -0.39 is 0 Å². The highest BCUT2D eigenvalue weighted by Crippen LogP contribution is 2.32. The van der Waals surface area contributed by atoms with Gasteiger partial charge in [-0.3, -0.25) is 9.30 Å². The SMILES string of the molecule is CC(C)c1cc(N2CCN(CC=Cc3ccccc3)CC2)n2c(nc3ccccc32)c1C#N. The maximum absolute atomic E-state index is 9.96. The van der Waals surface area contributed by atoms with Crippen LogP contribution in [0.5, 0.6) is 0 Å². The zero-order chi connectivity index (χ0) is 22.8. The van der Waals surface area contributed by atoms with E-state index in [4.69, 9.17) is 4.98 Å². The van der Waals surface area contributed by atoms with Crippen molar-refractivity contribution in [3.63, 3.8) is 0 Å². The van der Waals surface area contributed by atoms with Gasteiger partial charge >= 0.3 is 0 Å². The van der Waals surface area contributed by atoms with Crippen LogP contribution < -0.4 is 4.90 Å². The highest BCUT2D eigenvalue weighted by Gasteiger charge is 2.24. The molecule has 1 aliphatic rings. The number of fused-ring (bicyclic) bond motifs is 3. The molecule has 0 N–H and O–H groups in total. The number of benzene rings is 2. The van der Waals surface area contributed by atoms with Gasteiger partial charge in [0.1, 0.15) is 11.9 Å². The number of piperazine rings is 1. The van der Waals surface area contributed by atoms with Crippen LogP contribution in [0.2, 0.25) is 0 Å². The van der Waals surface area contributed by atoms with Gasteiger partial charge < -0.3 is 4.90 Å². The Morgan fingerprint density at radius 1 is 1.00 bits per heavy atom. The molecule has 0 spiro atoms. The van der Waals surface area contributed by atoms with Crippen molar-refractivity contribution >= 4 is 28.6 Å². The Labute approximate surface area is 195 Å². The topological polar surface area (TPSA) is 47.6 Å². The predicted octanol–water partition coefficient (Wildman–Crippen LogP) is 5.32. The fraction of sp³-hybridized carbons (Fsp3) is 0.286. The van der Waals surface area contributed by atoms with Gasteiger partial charge in [-0.1, -0.05) is 68.5 Å². The van der Waals surface area contributed by atoms with Gasteiger partial charge in [0.05, 0.1) is 16.6 Å². The molecule has 3 heterocycles. The normalized spacial score (nSPS) is 15.2. The predicted molar refractivity (Wildman–Crippen MR) is 136 cm³/mol. The lowest BCUT2D eigenvalue weighted by Crippen LogP contribution is -2.47. The van der Waals surface area contributed by atoms with Crippen LogP contribution in [-0.2, 0) is 0 Å². The molecule has 4 aromatic rings. The smallest absolute Gasteiger partial charge is 0.157 e. The zero-order valence-corrected chi connectivity index (χ0v) is 19.3. The first kappa shape index (κ1) is 21.2. The van der Waals surface area contributed by atoms with E-state index in [0.29, 0.717) is 5.56 Å². The summed E-state index contributed by atoms with van der Waals surface area (Å²) in [5.74, 6) is 1.40. The van der Waals surface area contributed by atoms with E-state index in [2.05, 4.69) is 82.7 Å². The first-order valence-corrected chi connectivity index (χ1v) is 11.7. The summed E-state index contributed by atoms with van der Waals surface area (Å²) in [4.78, 5) is 9.81. The Bertz CT molecular complexity index is 1340. The molecule has 0 unspecified atom stereocenters. The highest BCUT2D eigenvalue weighted by molar-refractivity contribution is 5.85. The molecule has 1 saturated heterocycles. The average molecular weight is 436 g/mol. The van der Waals surface area contributed by atoms with E-state index in [1.807, 2.05) is 24.3 Å². The first-order valence-electron chi connectivity index (χ1n) is 11.7. The standard InChI is InChI=1S/C28H29N5/c1-21(2)23-19-27(33-26-13-7-6-12-25(26)30-28(33)24(23)20-29)32-17-15-31(16-18-32)14-8-11-22-9-4-3-5-10-22/h3-13,19,21H,14-18H2,1-2H3.